The van der Waals surface area contributed by atoms with Crippen LogP contribution in [0.15, 0.2) is 83.8 Å². The Labute approximate surface area is 280 Å². The van der Waals surface area contributed by atoms with Crippen LogP contribution in [0.5, 0.6) is 0 Å². The lowest BCUT2D eigenvalue weighted by Crippen LogP contribution is -2.47. The maximum absolute atomic E-state index is 13.9. The summed E-state index contributed by atoms with van der Waals surface area (Å²) in [6.45, 7) is 8.47. The number of rotatable bonds is 13. The molecule has 3 aromatic rings. The van der Waals surface area contributed by atoms with Crippen molar-refractivity contribution in [3.8, 4) is 0 Å². The monoisotopic (exact) mass is 659 g/mol. The van der Waals surface area contributed by atoms with Crippen molar-refractivity contribution in [1.29, 1.82) is 0 Å². The van der Waals surface area contributed by atoms with E-state index in [1.807, 2.05) is 41.5 Å². The zero-order valence-corrected chi connectivity index (χ0v) is 28.0. The first-order chi connectivity index (χ1) is 22.4. The lowest BCUT2D eigenvalue weighted by Gasteiger charge is -2.35. The quantitative estimate of drug-likeness (QED) is 0.153. The Hall–Kier alpha value is -3.77. The number of thioether (sulfide) groups is 1. The van der Waals surface area contributed by atoms with E-state index in [0.29, 0.717) is 28.6 Å². The largest absolute Gasteiger partial charge is 0.462 e. The number of ether oxygens (including phenoxy) is 1. The van der Waals surface area contributed by atoms with Gasteiger partial charge in [-0.25, -0.2) is 4.79 Å². The first kappa shape index (κ1) is 33.6. The Kier molecular flexibility index (Phi) is 11.8. The number of hydrogen-bond acceptors (Lipinski definition) is 8. The summed E-state index contributed by atoms with van der Waals surface area (Å²) >= 11 is 7.49. The van der Waals surface area contributed by atoms with Crippen molar-refractivity contribution in [2.24, 2.45) is 0 Å². The Bertz CT molecular complexity index is 1510. The van der Waals surface area contributed by atoms with Crippen molar-refractivity contribution < 1.29 is 19.1 Å². The van der Waals surface area contributed by atoms with Crippen molar-refractivity contribution in [3.05, 3.63) is 90.0 Å². The molecule has 11 heteroatoms. The van der Waals surface area contributed by atoms with Gasteiger partial charge in [-0.05, 0) is 86.4 Å². The number of carbonyl (C=O) groups is 3. The van der Waals surface area contributed by atoms with E-state index in [-0.39, 0.29) is 24.8 Å². The van der Waals surface area contributed by atoms with Crippen LogP contribution in [0.4, 0.5) is 11.4 Å². The van der Waals surface area contributed by atoms with E-state index in [0.717, 1.165) is 50.6 Å². The van der Waals surface area contributed by atoms with Crippen LogP contribution in [0.25, 0.3) is 0 Å². The standard InChI is InChI=1S/C35H41N5O4S2/c1-3-44-34(43)27-13-15-28(16-14-27)36-32(41)24-31-33(42)40(29-11-7-12-30(23-29)46-2)35(45)39(31)18-8-17-37-19-21-38(22-20-37)25-26-9-5-4-6-10-26/h4-7,9-16,23,31H,3,8,17-22,24-25H2,1-2H3,(H,36,41). The highest BCUT2D eigenvalue weighted by atomic mass is 32.2. The number of anilines is 2. The molecule has 2 saturated heterocycles. The molecule has 2 heterocycles. The van der Waals surface area contributed by atoms with Crippen molar-refractivity contribution >= 4 is 58.3 Å². The minimum atomic E-state index is -0.716. The van der Waals surface area contributed by atoms with Gasteiger partial charge in [-0.1, -0.05) is 36.4 Å². The van der Waals surface area contributed by atoms with E-state index in [4.69, 9.17) is 17.0 Å². The van der Waals surface area contributed by atoms with Gasteiger partial charge in [0.1, 0.15) is 6.04 Å². The summed E-state index contributed by atoms with van der Waals surface area (Å²) in [5.41, 5.74) is 2.98. The molecule has 0 aromatic heterocycles. The summed E-state index contributed by atoms with van der Waals surface area (Å²) in [5.74, 6) is -0.921. The predicted octanol–water partition coefficient (Wildman–Crippen LogP) is 5.12. The fraction of sp³-hybridized carbons (Fsp3) is 0.371. The molecule has 0 saturated carbocycles. The molecule has 2 fully saturated rings. The van der Waals surface area contributed by atoms with Crippen LogP contribution in [0, 0.1) is 0 Å². The second-order valence-corrected chi connectivity index (χ2v) is 12.6. The number of benzene rings is 3. The smallest absolute Gasteiger partial charge is 0.338 e. The molecular weight excluding hydrogens is 619 g/mol. The topological polar surface area (TPSA) is 85.4 Å². The zero-order valence-electron chi connectivity index (χ0n) is 26.4. The van der Waals surface area contributed by atoms with Gasteiger partial charge in [0.05, 0.1) is 24.3 Å². The third-order valence-electron chi connectivity index (χ3n) is 8.28. The molecular formula is C35H41N5O4S2. The summed E-state index contributed by atoms with van der Waals surface area (Å²) in [6.07, 6.45) is 2.76. The van der Waals surface area contributed by atoms with Gasteiger partial charge in [0.15, 0.2) is 5.11 Å². The van der Waals surface area contributed by atoms with Gasteiger partial charge in [0, 0.05) is 49.9 Å². The molecule has 1 atom stereocenters. The summed E-state index contributed by atoms with van der Waals surface area (Å²) in [5, 5.41) is 3.30. The number of nitrogens with zero attached hydrogens (tertiary/aromatic N) is 4. The molecule has 2 amide bonds. The minimum absolute atomic E-state index is 0.0462. The van der Waals surface area contributed by atoms with Crippen molar-refractivity contribution in [2.75, 3.05) is 62.3 Å². The highest BCUT2D eigenvalue weighted by molar-refractivity contribution is 7.98. The number of thiocarbonyl (C=S) groups is 1. The van der Waals surface area contributed by atoms with Gasteiger partial charge in [0.2, 0.25) is 5.91 Å². The molecule has 0 bridgehead atoms. The number of carbonyl (C=O) groups excluding carboxylic acids is 3. The van der Waals surface area contributed by atoms with Crippen molar-refractivity contribution in [1.82, 2.24) is 14.7 Å². The van der Waals surface area contributed by atoms with Gasteiger partial charge in [0.25, 0.3) is 5.91 Å². The van der Waals surface area contributed by atoms with Crippen LogP contribution in [0.3, 0.4) is 0 Å². The van der Waals surface area contributed by atoms with Crippen LogP contribution in [-0.4, -0.2) is 95.8 Å². The predicted molar refractivity (Wildman–Crippen MR) is 187 cm³/mol. The van der Waals surface area contributed by atoms with Crippen LogP contribution in [0.1, 0.15) is 35.7 Å². The van der Waals surface area contributed by atoms with E-state index in [2.05, 4.69) is 39.4 Å². The third kappa shape index (κ3) is 8.52. The van der Waals surface area contributed by atoms with E-state index < -0.39 is 12.0 Å². The maximum atomic E-state index is 13.9. The molecule has 0 aliphatic carbocycles. The lowest BCUT2D eigenvalue weighted by molar-refractivity contribution is -0.124. The van der Waals surface area contributed by atoms with Crippen LogP contribution < -0.4 is 10.2 Å². The molecule has 9 nitrogen and oxygen atoms in total. The highest BCUT2D eigenvalue weighted by Crippen LogP contribution is 2.30. The molecule has 3 aromatic carbocycles. The number of piperazine rings is 1. The van der Waals surface area contributed by atoms with Gasteiger partial charge in [-0.2, -0.15) is 0 Å². The minimum Gasteiger partial charge on any atom is -0.462 e. The highest BCUT2D eigenvalue weighted by Gasteiger charge is 2.44. The van der Waals surface area contributed by atoms with Crippen molar-refractivity contribution in [3.63, 3.8) is 0 Å². The SMILES string of the molecule is CCOC(=O)c1ccc(NC(=O)CC2C(=O)N(c3cccc(SC)c3)C(=S)N2CCCN2CCN(Cc3ccccc3)CC2)cc1. The first-order valence-corrected chi connectivity index (χ1v) is 17.3. The molecule has 5 rings (SSSR count). The van der Waals surface area contributed by atoms with E-state index in [9.17, 15) is 14.4 Å². The summed E-state index contributed by atoms with van der Waals surface area (Å²) in [7, 11) is 0. The molecule has 1 unspecified atom stereocenters. The number of esters is 1. The van der Waals surface area contributed by atoms with Gasteiger partial charge >= 0.3 is 5.97 Å². The molecule has 46 heavy (non-hydrogen) atoms. The first-order valence-electron chi connectivity index (χ1n) is 15.7. The molecule has 0 spiro atoms. The number of nitrogens with one attached hydrogen (secondary N) is 1. The van der Waals surface area contributed by atoms with Crippen molar-refractivity contribution in [2.45, 2.75) is 37.2 Å². The maximum Gasteiger partial charge on any atom is 0.338 e. The average molecular weight is 660 g/mol. The fourth-order valence-corrected chi connectivity index (χ4v) is 6.71. The fourth-order valence-electron chi connectivity index (χ4n) is 5.84. The summed E-state index contributed by atoms with van der Waals surface area (Å²) in [4.78, 5) is 48.6. The Balaban J connectivity index is 1.21. The van der Waals surface area contributed by atoms with Crippen LogP contribution >= 0.6 is 24.0 Å². The van der Waals surface area contributed by atoms with E-state index >= 15 is 0 Å². The molecule has 0 radical (unpaired) electrons. The molecule has 2 aliphatic heterocycles. The second kappa shape index (κ2) is 16.2. The summed E-state index contributed by atoms with van der Waals surface area (Å²) in [6, 6.07) is 24.1. The lowest BCUT2D eigenvalue weighted by atomic mass is 10.1. The second-order valence-electron chi connectivity index (χ2n) is 11.4. The van der Waals surface area contributed by atoms with Gasteiger partial charge in [-0.3, -0.25) is 19.4 Å². The average Bonchev–Trinajstić information content (AvgIpc) is 3.30. The van der Waals surface area contributed by atoms with E-state index in [1.54, 1.807) is 47.9 Å². The Morgan fingerprint density at radius 1 is 0.935 bits per heavy atom. The van der Waals surface area contributed by atoms with Gasteiger partial charge in [-0.15, -0.1) is 11.8 Å². The van der Waals surface area contributed by atoms with Crippen LogP contribution in [0.2, 0.25) is 0 Å². The molecule has 242 valence electrons. The number of hydrogen-bond donors (Lipinski definition) is 1. The molecule has 1 N–H and O–H groups in total. The van der Waals surface area contributed by atoms with Crippen LogP contribution in [-0.2, 0) is 20.9 Å². The Morgan fingerprint density at radius 3 is 2.35 bits per heavy atom. The Morgan fingerprint density at radius 2 is 1.65 bits per heavy atom. The molecule has 2 aliphatic rings. The van der Waals surface area contributed by atoms with E-state index in [1.165, 1.54) is 5.56 Å². The van der Waals surface area contributed by atoms with Gasteiger partial charge < -0.3 is 19.9 Å². The number of amides is 2. The normalized spacial score (nSPS) is 17.4. The third-order valence-corrected chi connectivity index (χ3v) is 9.42. The summed E-state index contributed by atoms with van der Waals surface area (Å²) < 4.78 is 5.04. The zero-order chi connectivity index (χ0) is 32.5.